The second-order valence-corrected chi connectivity index (χ2v) is 8.81. The topological polar surface area (TPSA) is 88.4 Å². The standard InChI is InChI=1S/C26H23N5O2/c32-25(28-20-10-11-20)18-8-4-16(5-9-18)19-2-1-3-21(14-19)29-26(33)22-15-27-31-13-12-23(17-6-7-17)30-24(22)31/h1-5,8-9,12-15,17,20H,6-7,10-11H2,(H,28,32)(H,29,33). The summed E-state index contributed by atoms with van der Waals surface area (Å²) >= 11 is 0. The zero-order valence-electron chi connectivity index (χ0n) is 18.0. The molecule has 4 aromatic rings. The number of nitrogens with zero attached hydrogens (tertiary/aromatic N) is 3. The molecule has 2 fully saturated rings. The number of carbonyl (C=O) groups is 2. The molecule has 0 atom stereocenters. The Morgan fingerprint density at radius 3 is 2.48 bits per heavy atom. The summed E-state index contributed by atoms with van der Waals surface area (Å²) < 4.78 is 1.64. The van der Waals surface area contributed by atoms with Gasteiger partial charge in [-0.25, -0.2) is 9.50 Å². The third-order valence-electron chi connectivity index (χ3n) is 6.14. The fraction of sp³-hybridized carbons (Fsp3) is 0.231. The highest BCUT2D eigenvalue weighted by Gasteiger charge is 2.26. The Balaban J connectivity index is 1.20. The van der Waals surface area contributed by atoms with E-state index in [9.17, 15) is 9.59 Å². The van der Waals surface area contributed by atoms with Crippen molar-refractivity contribution in [1.82, 2.24) is 19.9 Å². The van der Waals surface area contributed by atoms with Crippen LogP contribution in [0.2, 0.25) is 0 Å². The summed E-state index contributed by atoms with van der Waals surface area (Å²) in [6.45, 7) is 0. The fourth-order valence-corrected chi connectivity index (χ4v) is 3.93. The predicted molar refractivity (Wildman–Crippen MR) is 125 cm³/mol. The van der Waals surface area contributed by atoms with E-state index in [1.165, 1.54) is 0 Å². The van der Waals surface area contributed by atoms with Crippen molar-refractivity contribution in [3.63, 3.8) is 0 Å². The van der Waals surface area contributed by atoms with Gasteiger partial charge in [0.15, 0.2) is 5.65 Å². The van der Waals surface area contributed by atoms with E-state index in [4.69, 9.17) is 0 Å². The fourth-order valence-electron chi connectivity index (χ4n) is 3.93. The average Bonchev–Trinajstić information content (AvgIpc) is 3.77. The molecule has 0 spiro atoms. The van der Waals surface area contributed by atoms with E-state index in [1.54, 1.807) is 10.7 Å². The summed E-state index contributed by atoms with van der Waals surface area (Å²) in [5.41, 5.74) is 5.32. The molecule has 2 aromatic carbocycles. The van der Waals surface area contributed by atoms with E-state index in [1.807, 2.05) is 60.8 Å². The minimum Gasteiger partial charge on any atom is -0.349 e. The Kier molecular flexibility index (Phi) is 4.68. The molecule has 7 nitrogen and oxygen atoms in total. The highest BCUT2D eigenvalue weighted by Crippen LogP contribution is 2.39. The van der Waals surface area contributed by atoms with E-state index >= 15 is 0 Å². The van der Waals surface area contributed by atoms with Crippen molar-refractivity contribution >= 4 is 23.1 Å². The first-order valence-electron chi connectivity index (χ1n) is 11.3. The van der Waals surface area contributed by atoms with E-state index < -0.39 is 0 Å². The maximum atomic E-state index is 13.0. The Labute approximate surface area is 190 Å². The highest BCUT2D eigenvalue weighted by atomic mass is 16.2. The van der Waals surface area contributed by atoms with Crippen LogP contribution in [0.4, 0.5) is 5.69 Å². The predicted octanol–water partition coefficient (Wildman–Crippen LogP) is 4.42. The number of amides is 2. The van der Waals surface area contributed by atoms with Gasteiger partial charge in [0.1, 0.15) is 5.56 Å². The molecule has 2 aromatic heterocycles. The summed E-state index contributed by atoms with van der Waals surface area (Å²) in [5, 5.41) is 10.2. The molecule has 7 heteroatoms. The molecule has 2 amide bonds. The molecule has 164 valence electrons. The Bertz CT molecular complexity index is 1370. The quantitative estimate of drug-likeness (QED) is 0.467. The van der Waals surface area contributed by atoms with E-state index in [0.29, 0.717) is 34.4 Å². The van der Waals surface area contributed by atoms with Crippen molar-refractivity contribution in [1.29, 1.82) is 0 Å². The second-order valence-electron chi connectivity index (χ2n) is 8.81. The molecule has 2 saturated carbocycles. The number of nitrogens with one attached hydrogen (secondary N) is 2. The molecule has 2 N–H and O–H groups in total. The van der Waals surface area contributed by atoms with Gasteiger partial charge in [-0.1, -0.05) is 24.3 Å². The normalized spacial score (nSPS) is 15.4. The van der Waals surface area contributed by atoms with Gasteiger partial charge < -0.3 is 10.6 Å². The largest absolute Gasteiger partial charge is 0.349 e. The van der Waals surface area contributed by atoms with Crippen LogP contribution >= 0.6 is 0 Å². The lowest BCUT2D eigenvalue weighted by molar-refractivity contribution is 0.0950. The van der Waals surface area contributed by atoms with Crippen LogP contribution in [-0.4, -0.2) is 32.5 Å². The van der Waals surface area contributed by atoms with E-state index in [-0.39, 0.29) is 11.8 Å². The molecule has 0 bridgehead atoms. The van der Waals surface area contributed by atoms with Crippen molar-refractivity contribution in [2.24, 2.45) is 0 Å². The summed E-state index contributed by atoms with van der Waals surface area (Å²) in [5.74, 6) is 0.232. The molecule has 0 radical (unpaired) electrons. The van der Waals surface area contributed by atoms with Gasteiger partial charge in [-0.3, -0.25) is 9.59 Å². The maximum absolute atomic E-state index is 13.0. The van der Waals surface area contributed by atoms with Crippen molar-refractivity contribution in [2.45, 2.75) is 37.6 Å². The lowest BCUT2D eigenvalue weighted by Crippen LogP contribution is -2.25. The zero-order valence-corrected chi connectivity index (χ0v) is 18.0. The molecule has 6 rings (SSSR count). The molecule has 2 heterocycles. The molecular formula is C26H23N5O2. The molecule has 0 unspecified atom stereocenters. The average molecular weight is 438 g/mol. The third-order valence-corrected chi connectivity index (χ3v) is 6.14. The van der Waals surface area contributed by atoms with Crippen molar-refractivity contribution < 1.29 is 9.59 Å². The molecular weight excluding hydrogens is 414 g/mol. The van der Waals surface area contributed by atoms with Gasteiger partial charge in [-0.15, -0.1) is 0 Å². The number of fused-ring (bicyclic) bond motifs is 1. The van der Waals surface area contributed by atoms with E-state index in [2.05, 4.69) is 20.7 Å². The number of rotatable bonds is 6. The number of hydrogen-bond acceptors (Lipinski definition) is 4. The summed E-state index contributed by atoms with van der Waals surface area (Å²) in [6.07, 6.45) is 7.85. The van der Waals surface area contributed by atoms with Crippen LogP contribution in [0.25, 0.3) is 16.8 Å². The van der Waals surface area contributed by atoms with Gasteiger partial charge in [0.25, 0.3) is 11.8 Å². The summed E-state index contributed by atoms with van der Waals surface area (Å²) in [6, 6.07) is 17.5. The van der Waals surface area contributed by atoms with Crippen LogP contribution in [-0.2, 0) is 0 Å². The SMILES string of the molecule is O=C(NC1CC1)c1ccc(-c2cccc(NC(=O)c3cnn4ccc(C5CC5)nc34)c2)cc1. The second kappa shape index (κ2) is 7.85. The number of anilines is 1. The number of aromatic nitrogens is 3. The van der Waals surface area contributed by atoms with Crippen LogP contribution in [0, 0.1) is 0 Å². The van der Waals surface area contributed by atoms with Gasteiger partial charge in [0.05, 0.1) is 6.20 Å². The van der Waals surface area contributed by atoms with Crippen molar-refractivity contribution in [2.75, 3.05) is 5.32 Å². The van der Waals surface area contributed by atoms with Crippen molar-refractivity contribution in [3.8, 4) is 11.1 Å². The summed E-state index contributed by atoms with van der Waals surface area (Å²) in [4.78, 5) is 29.9. The van der Waals surface area contributed by atoms with Gasteiger partial charge >= 0.3 is 0 Å². The number of carbonyl (C=O) groups excluding carboxylic acids is 2. The van der Waals surface area contributed by atoms with Gasteiger partial charge in [0.2, 0.25) is 0 Å². The van der Waals surface area contributed by atoms with Crippen LogP contribution in [0.3, 0.4) is 0 Å². The third kappa shape index (κ3) is 4.09. The molecule has 33 heavy (non-hydrogen) atoms. The van der Waals surface area contributed by atoms with Gasteiger partial charge in [0, 0.05) is 35.1 Å². The minimum absolute atomic E-state index is 0.0306. The van der Waals surface area contributed by atoms with Gasteiger partial charge in [-0.05, 0) is 67.1 Å². The number of hydrogen-bond donors (Lipinski definition) is 2. The monoisotopic (exact) mass is 437 g/mol. The van der Waals surface area contributed by atoms with Crippen LogP contribution in [0.15, 0.2) is 67.0 Å². The smallest absolute Gasteiger partial charge is 0.261 e. The molecule has 2 aliphatic carbocycles. The van der Waals surface area contributed by atoms with E-state index in [0.717, 1.165) is 42.5 Å². The Morgan fingerprint density at radius 1 is 0.909 bits per heavy atom. The van der Waals surface area contributed by atoms with Crippen LogP contribution in [0.5, 0.6) is 0 Å². The maximum Gasteiger partial charge on any atom is 0.261 e. The Hall–Kier alpha value is -4.00. The summed E-state index contributed by atoms with van der Waals surface area (Å²) in [7, 11) is 0. The van der Waals surface area contributed by atoms with Gasteiger partial charge in [-0.2, -0.15) is 5.10 Å². The van der Waals surface area contributed by atoms with Crippen LogP contribution in [0.1, 0.15) is 58.0 Å². The van der Waals surface area contributed by atoms with Crippen molar-refractivity contribution in [3.05, 3.63) is 83.8 Å². The Morgan fingerprint density at radius 2 is 1.73 bits per heavy atom. The first kappa shape index (κ1) is 19.7. The zero-order chi connectivity index (χ0) is 22.4. The number of benzene rings is 2. The lowest BCUT2D eigenvalue weighted by Gasteiger charge is -2.09. The lowest BCUT2D eigenvalue weighted by atomic mass is 10.0. The molecule has 2 aliphatic rings. The minimum atomic E-state index is -0.241. The highest BCUT2D eigenvalue weighted by molar-refractivity contribution is 6.08. The first-order chi connectivity index (χ1) is 16.1. The molecule has 0 saturated heterocycles. The van der Waals surface area contributed by atoms with Crippen LogP contribution < -0.4 is 10.6 Å². The molecule has 0 aliphatic heterocycles. The first-order valence-corrected chi connectivity index (χ1v) is 11.3.